The van der Waals surface area contributed by atoms with Crippen LogP contribution in [-0.4, -0.2) is 22.1 Å². The first-order chi connectivity index (χ1) is 12.1. The van der Waals surface area contributed by atoms with Gasteiger partial charge in [0.25, 0.3) is 5.56 Å². The Kier molecular flexibility index (Phi) is 5.50. The predicted molar refractivity (Wildman–Crippen MR) is 99.6 cm³/mol. The average Bonchev–Trinajstić information content (AvgIpc) is 3.04. The molecule has 2 aromatic heterocycles. The quantitative estimate of drug-likeness (QED) is 0.479. The molecule has 130 valence electrons. The second-order valence-corrected chi connectivity index (χ2v) is 6.85. The van der Waals surface area contributed by atoms with E-state index in [0.717, 1.165) is 18.4 Å². The van der Waals surface area contributed by atoms with Gasteiger partial charge in [0.1, 0.15) is 4.83 Å². The first-order valence-corrected chi connectivity index (χ1v) is 9.24. The number of nitrogens with zero attached hydrogens (tertiary/aromatic N) is 2. The minimum Gasteiger partial charge on any atom is -0.462 e. The van der Waals surface area contributed by atoms with Crippen LogP contribution in [0, 0.1) is 0 Å². The summed E-state index contributed by atoms with van der Waals surface area (Å²) in [6.45, 7) is 2.66. The summed E-state index contributed by atoms with van der Waals surface area (Å²) in [6, 6.07) is 7.32. The van der Waals surface area contributed by atoms with Crippen LogP contribution in [0.2, 0.25) is 5.02 Å². The molecule has 0 saturated carbocycles. The molecule has 0 radical (unpaired) electrons. The van der Waals surface area contributed by atoms with Crippen LogP contribution in [0.15, 0.2) is 40.8 Å². The number of benzene rings is 1. The minimum absolute atomic E-state index is 0.270. The Labute approximate surface area is 153 Å². The lowest BCUT2D eigenvalue weighted by Gasteiger charge is -2.08. The molecule has 0 saturated heterocycles. The molecular formula is C18H17ClN2O3S. The van der Waals surface area contributed by atoms with Gasteiger partial charge in [0.05, 0.1) is 30.4 Å². The maximum absolute atomic E-state index is 12.8. The van der Waals surface area contributed by atoms with Crippen molar-refractivity contribution in [3.05, 3.63) is 62.5 Å². The summed E-state index contributed by atoms with van der Waals surface area (Å²) in [5, 5.41) is 2.52. The molecule has 0 aliphatic rings. The van der Waals surface area contributed by atoms with Crippen molar-refractivity contribution in [2.45, 2.75) is 26.3 Å². The molecule has 2 heterocycles. The van der Waals surface area contributed by atoms with Crippen molar-refractivity contribution in [2.75, 3.05) is 6.61 Å². The fourth-order valence-electron chi connectivity index (χ4n) is 2.43. The molecule has 0 unspecified atom stereocenters. The van der Waals surface area contributed by atoms with Gasteiger partial charge in [0.15, 0.2) is 0 Å². The summed E-state index contributed by atoms with van der Waals surface area (Å²) in [7, 11) is 0. The van der Waals surface area contributed by atoms with Gasteiger partial charge in [0, 0.05) is 10.4 Å². The van der Waals surface area contributed by atoms with Gasteiger partial charge in [-0.2, -0.15) is 0 Å². The summed E-state index contributed by atoms with van der Waals surface area (Å²) < 4.78 is 6.70. The predicted octanol–water partition coefficient (Wildman–Crippen LogP) is 4.12. The number of unbranched alkanes of at least 4 members (excludes halogenated alkanes) is 1. The van der Waals surface area contributed by atoms with E-state index in [9.17, 15) is 9.59 Å². The van der Waals surface area contributed by atoms with Crippen LogP contribution < -0.4 is 5.56 Å². The van der Waals surface area contributed by atoms with Gasteiger partial charge in [-0.3, -0.25) is 9.36 Å². The number of aromatic nitrogens is 2. The van der Waals surface area contributed by atoms with Gasteiger partial charge in [-0.05, 0) is 18.1 Å². The second-order valence-electron chi connectivity index (χ2n) is 5.59. The highest BCUT2D eigenvalue weighted by Crippen LogP contribution is 2.22. The molecular weight excluding hydrogens is 360 g/mol. The van der Waals surface area contributed by atoms with Crippen LogP contribution in [0.1, 0.15) is 35.7 Å². The van der Waals surface area contributed by atoms with Crippen molar-refractivity contribution < 1.29 is 9.53 Å². The smallest absolute Gasteiger partial charge is 0.339 e. The van der Waals surface area contributed by atoms with Gasteiger partial charge < -0.3 is 4.74 Å². The fraction of sp³-hybridized carbons (Fsp3) is 0.278. The number of fused-ring (bicyclic) bond motifs is 1. The van der Waals surface area contributed by atoms with Crippen LogP contribution >= 0.6 is 22.9 Å². The van der Waals surface area contributed by atoms with E-state index in [2.05, 4.69) is 4.98 Å². The molecule has 0 N–H and O–H groups in total. The third-order valence-corrected chi connectivity index (χ3v) is 5.07. The number of rotatable bonds is 6. The fourth-order valence-corrected chi connectivity index (χ4v) is 3.49. The number of halogens is 1. The first-order valence-electron chi connectivity index (χ1n) is 7.99. The summed E-state index contributed by atoms with van der Waals surface area (Å²) in [6.07, 6.45) is 3.21. The van der Waals surface area contributed by atoms with Crippen LogP contribution in [0.25, 0.3) is 10.2 Å². The Hall–Kier alpha value is -2.18. The number of carbonyl (C=O) groups excluding carboxylic acids is 1. The Balaban J connectivity index is 1.96. The highest BCUT2D eigenvalue weighted by molar-refractivity contribution is 7.17. The normalized spacial score (nSPS) is 11.0. The highest BCUT2D eigenvalue weighted by Gasteiger charge is 2.18. The van der Waals surface area contributed by atoms with E-state index in [4.69, 9.17) is 16.3 Å². The zero-order valence-electron chi connectivity index (χ0n) is 13.7. The molecule has 25 heavy (non-hydrogen) atoms. The molecule has 0 atom stereocenters. The summed E-state index contributed by atoms with van der Waals surface area (Å²) in [4.78, 5) is 29.9. The van der Waals surface area contributed by atoms with E-state index in [0.29, 0.717) is 28.4 Å². The lowest BCUT2D eigenvalue weighted by atomic mass is 10.2. The number of hydrogen-bond acceptors (Lipinski definition) is 5. The monoisotopic (exact) mass is 376 g/mol. The average molecular weight is 377 g/mol. The third-order valence-electron chi connectivity index (χ3n) is 3.81. The zero-order chi connectivity index (χ0) is 17.8. The van der Waals surface area contributed by atoms with Crippen molar-refractivity contribution >= 4 is 39.1 Å². The number of thiophene rings is 1. The van der Waals surface area contributed by atoms with Gasteiger partial charge in [-0.15, -0.1) is 11.3 Å². The molecule has 0 fully saturated rings. The Bertz CT molecular complexity index is 964. The van der Waals surface area contributed by atoms with Crippen LogP contribution in [0.5, 0.6) is 0 Å². The Morgan fingerprint density at radius 2 is 2.16 bits per heavy atom. The molecule has 3 rings (SSSR count). The molecule has 0 spiro atoms. The largest absolute Gasteiger partial charge is 0.462 e. The summed E-state index contributed by atoms with van der Waals surface area (Å²) in [5.41, 5.74) is 0.824. The zero-order valence-corrected chi connectivity index (χ0v) is 15.3. The molecule has 0 bridgehead atoms. The van der Waals surface area contributed by atoms with Crippen LogP contribution in [0.4, 0.5) is 0 Å². The van der Waals surface area contributed by atoms with Gasteiger partial charge in [0.2, 0.25) is 0 Å². The Morgan fingerprint density at radius 1 is 1.36 bits per heavy atom. The molecule has 0 aliphatic carbocycles. The third kappa shape index (κ3) is 3.75. The van der Waals surface area contributed by atoms with E-state index < -0.39 is 5.97 Å². The van der Waals surface area contributed by atoms with Crippen molar-refractivity contribution in [1.29, 1.82) is 0 Å². The SMILES string of the molecule is CCCCOC(=O)c1csc2ncn(Cc3ccccc3Cl)c(=O)c12. The van der Waals surface area contributed by atoms with E-state index in [1.807, 2.05) is 25.1 Å². The van der Waals surface area contributed by atoms with Gasteiger partial charge in [-0.1, -0.05) is 43.1 Å². The Morgan fingerprint density at radius 3 is 2.92 bits per heavy atom. The molecule has 1 aromatic carbocycles. The summed E-state index contributed by atoms with van der Waals surface area (Å²) >= 11 is 7.43. The number of esters is 1. The van der Waals surface area contributed by atoms with Crippen molar-refractivity contribution in [3.63, 3.8) is 0 Å². The summed E-state index contributed by atoms with van der Waals surface area (Å²) in [5.74, 6) is -0.478. The minimum atomic E-state index is -0.478. The van der Waals surface area contributed by atoms with Gasteiger partial charge in [-0.25, -0.2) is 9.78 Å². The maximum Gasteiger partial charge on any atom is 0.339 e. The maximum atomic E-state index is 12.8. The molecule has 7 heteroatoms. The van der Waals surface area contributed by atoms with Crippen LogP contribution in [-0.2, 0) is 11.3 Å². The van der Waals surface area contributed by atoms with Crippen LogP contribution in [0.3, 0.4) is 0 Å². The number of carbonyl (C=O) groups is 1. The topological polar surface area (TPSA) is 61.2 Å². The van der Waals surface area contributed by atoms with E-state index in [1.165, 1.54) is 22.2 Å². The number of ether oxygens (including phenoxy) is 1. The van der Waals surface area contributed by atoms with Crippen molar-refractivity contribution in [2.24, 2.45) is 0 Å². The second kappa shape index (κ2) is 7.80. The standard InChI is InChI=1S/C18H17ClN2O3S/c1-2-3-8-24-18(23)13-10-25-16-15(13)17(22)21(11-20-16)9-12-6-4-5-7-14(12)19/h4-7,10-11H,2-3,8-9H2,1H3. The van der Waals surface area contributed by atoms with Crippen molar-refractivity contribution in [3.8, 4) is 0 Å². The lowest BCUT2D eigenvalue weighted by Crippen LogP contribution is -2.22. The molecule has 3 aromatic rings. The molecule has 0 aliphatic heterocycles. The van der Waals surface area contributed by atoms with E-state index >= 15 is 0 Å². The first kappa shape index (κ1) is 17.6. The van der Waals surface area contributed by atoms with Crippen molar-refractivity contribution in [1.82, 2.24) is 9.55 Å². The van der Waals surface area contributed by atoms with E-state index in [1.54, 1.807) is 11.4 Å². The van der Waals surface area contributed by atoms with E-state index in [-0.39, 0.29) is 11.1 Å². The van der Waals surface area contributed by atoms with Gasteiger partial charge >= 0.3 is 5.97 Å². The molecule has 0 amide bonds. The highest BCUT2D eigenvalue weighted by atomic mass is 35.5. The molecule has 5 nitrogen and oxygen atoms in total. The lowest BCUT2D eigenvalue weighted by molar-refractivity contribution is 0.0502. The number of hydrogen-bond donors (Lipinski definition) is 0.